The summed E-state index contributed by atoms with van der Waals surface area (Å²) in [7, 11) is 1.94. The Labute approximate surface area is 108 Å². The van der Waals surface area contributed by atoms with E-state index in [0.717, 1.165) is 25.5 Å². The van der Waals surface area contributed by atoms with Gasteiger partial charge in [-0.2, -0.15) is 0 Å². The zero-order chi connectivity index (χ0) is 12.6. The van der Waals surface area contributed by atoms with Gasteiger partial charge in [-0.1, -0.05) is 11.6 Å². The molecule has 0 unspecified atom stereocenters. The van der Waals surface area contributed by atoms with Gasteiger partial charge in [0.05, 0.1) is 24.4 Å². The second-order valence-corrected chi connectivity index (χ2v) is 5.80. The molecule has 1 aliphatic heterocycles. The van der Waals surface area contributed by atoms with E-state index in [1.807, 2.05) is 11.6 Å². The fourth-order valence-corrected chi connectivity index (χ4v) is 2.62. The van der Waals surface area contributed by atoms with Crippen LogP contribution in [-0.2, 0) is 18.3 Å². The van der Waals surface area contributed by atoms with Gasteiger partial charge in [-0.05, 0) is 20.8 Å². The van der Waals surface area contributed by atoms with E-state index in [0.29, 0.717) is 5.15 Å². The highest BCUT2D eigenvalue weighted by Gasteiger charge is 2.31. The number of imidazole rings is 1. The van der Waals surface area contributed by atoms with Gasteiger partial charge >= 0.3 is 0 Å². The summed E-state index contributed by atoms with van der Waals surface area (Å²) in [6.07, 6.45) is 1.96. The number of hydrogen-bond donors (Lipinski definition) is 0. The normalized spacial score (nSPS) is 25.1. The second-order valence-electron chi connectivity index (χ2n) is 5.41. The van der Waals surface area contributed by atoms with Gasteiger partial charge < -0.3 is 9.30 Å². The molecule has 0 aliphatic carbocycles. The van der Waals surface area contributed by atoms with Crippen molar-refractivity contribution in [2.75, 3.05) is 13.1 Å². The zero-order valence-corrected chi connectivity index (χ0v) is 11.7. The number of rotatable bonds is 2. The van der Waals surface area contributed by atoms with Gasteiger partial charge in [0.25, 0.3) is 0 Å². The van der Waals surface area contributed by atoms with Crippen LogP contribution >= 0.6 is 11.6 Å². The van der Waals surface area contributed by atoms with Crippen LogP contribution < -0.4 is 0 Å². The molecule has 0 N–H and O–H groups in total. The molecule has 0 saturated carbocycles. The average Bonchev–Trinajstić information content (AvgIpc) is 2.46. The van der Waals surface area contributed by atoms with Gasteiger partial charge in [-0.25, -0.2) is 4.98 Å². The third kappa shape index (κ3) is 3.00. The highest BCUT2D eigenvalue weighted by Crippen LogP contribution is 2.22. The zero-order valence-electron chi connectivity index (χ0n) is 10.9. The number of morpholine rings is 1. The molecular formula is C12H20ClN3O. The minimum Gasteiger partial charge on any atom is -0.370 e. The van der Waals surface area contributed by atoms with Gasteiger partial charge in [-0.3, -0.25) is 4.90 Å². The monoisotopic (exact) mass is 257 g/mol. The number of halogens is 1. The van der Waals surface area contributed by atoms with E-state index in [1.165, 1.54) is 0 Å². The summed E-state index contributed by atoms with van der Waals surface area (Å²) in [6.45, 7) is 9.04. The van der Waals surface area contributed by atoms with Gasteiger partial charge in [0.1, 0.15) is 11.0 Å². The molecule has 96 valence electrons. The maximum atomic E-state index is 5.99. The molecule has 2 heterocycles. The lowest BCUT2D eigenvalue weighted by molar-refractivity contribution is -0.131. The van der Waals surface area contributed by atoms with E-state index in [2.05, 4.69) is 30.7 Å². The van der Waals surface area contributed by atoms with Gasteiger partial charge in [-0.15, -0.1) is 0 Å². The Bertz CT molecular complexity index is 402. The molecule has 0 spiro atoms. The van der Waals surface area contributed by atoms with Crippen LogP contribution in [-0.4, -0.2) is 39.2 Å². The van der Waals surface area contributed by atoms with Crippen LogP contribution in [0, 0.1) is 0 Å². The van der Waals surface area contributed by atoms with E-state index < -0.39 is 0 Å². The van der Waals surface area contributed by atoms with E-state index in [9.17, 15) is 0 Å². The Morgan fingerprint density at radius 3 is 2.82 bits per heavy atom. The highest BCUT2D eigenvalue weighted by atomic mass is 35.5. The summed E-state index contributed by atoms with van der Waals surface area (Å²) in [5.41, 5.74) is -0.0906. The lowest BCUT2D eigenvalue weighted by Crippen LogP contribution is -2.51. The molecule has 2 rings (SSSR count). The van der Waals surface area contributed by atoms with Crippen molar-refractivity contribution in [1.82, 2.24) is 14.5 Å². The number of ether oxygens (including phenoxy) is 1. The first-order chi connectivity index (χ1) is 7.87. The first kappa shape index (κ1) is 12.9. The number of hydrogen-bond acceptors (Lipinski definition) is 3. The quantitative estimate of drug-likeness (QED) is 0.813. The Balaban J connectivity index is 2.06. The van der Waals surface area contributed by atoms with Crippen LogP contribution in [0.2, 0.25) is 5.15 Å². The molecule has 17 heavy (non-hydrogen) atoms. The van der Waals surface area contributed by atoms with Crippen molar-refractivity contribution in [2.45, 2.75) is 39.0 Å². The summed E-state index contributed by atoms with van der Waals surface area (Å²) < 4.78 is 7.81. The van der Waals surface area contributed by atoms with Crippen LogP contribution in [0.1, 0.15) is 26.6 Å². The van der Waals surface area contributed by atoms with Crippen molar-refractivity contribution in [3.05, 3.63) is 17.2 Å². The highest BCUT2D eigenvalue weighted by molar-refractivity contribution is 6.29. The minimum atomic E-state index is -0.0906. The van der Waals surface area contributed by atoms with E-state index in [1.54, 1.807) is 6.20 Å². The molecule has 1 aromatic rings. The van der Waals surface area contributed by atoms with Crippen LogP contribution in [0.4, 0.5) is 0 Å². The molecule has 1 aliphatic rings. The van der Waals surface area contributed by atoms with E-state index in [4.69, 9.17) is 16.3 Å². The average molecular weight is 258 g/mol. The Morgan fingerprint density at radius 1 is 1.59 bits per heavy atom. The van der Waals surface area contributed by atoms with E-state index in [-0.39, 0.29) is 11.7 Å². The summed E-state index contributed by atoms with van der Waals surface area (Å²) in [5, 5.41) is 0.681. The molecule has 4 nitrogen and oxygen atoms in total. The first-order valence-electron chi connectivity index (χ1n) is 5.94. The third-order valence-electron chi connectivity index (χ3n) is 3.03. The molecule has 5 heteroatoms. The molecule has 0 aromatic carbocycles. The molecule has 1 fully saturated rings. The molecular weight excluding hydrogens is 238 g/mol. The van der Waals surface area contributed by atoms with Gasteiger partial charge in [0, 0.05) is 20.1 Å². The first-order valence-corrected chi connectivity index (χ1v) is 6.31. The van der Waals surface area contributed by atoms with Crippen molar-refractivity contribution < 1.29 is 4.74 Å². The lowest BCUT2D eigenvalue weighted by atomic mass is 10.1. The minimum absolute atomic E-state index is 0.0906. The summed E-state index contributed by atoms with van der Waals surface area (Å²) >= 11 is 5.99. The van der Waals surface area contributed by atoms with Crippen LogP contribution in [0.15, 0.2) is 6.20 Å². The summed E-state index contributed by atoms with van der Waals surface area (Å²) in [4.78, 5) is 6.70. The lowest BCUT2D eigenvalue weighted by Gasteiger charge is -2.41. The van der Waals surface area contributed by atoms with E-state index >= 15 is 0 Å². The fraction of sp³-hybridized carbons (Fsp3) is 0.750. The van der Waals surface area contributed by atoms with Gasteiger partial charge in [0.15, 0.2) is 0 Å². The predicted molar refractivity (Wildman–Crippen MR) is 68.1 cm³/mol. The van der Waals surface area contributed by atoms with Crippen molar-refractivity contribution in [3.63, 3.8) is 0 Å². The maximum Gasteiger partial charge on any atom is 0.128 e. The third-order valence-corrected chi connectivity index (χ3v) is 3.38. The fourth-order valence-electron chi connectivity index (χ4n) is 2.48. The standard InChI is InChI=1S/C12H20ClN3O/c1-9-6-16(8-12(2,3)17-9)7-11-14-5-10(13)15(11)4/h5,9H,6-8H2,1-4H3/t9-/m0/s1. The SMILES string of the molecule is C[C@H]1CN(Cc2ncc(Cl)n2C)CC(C)(C)O1. The van der Waals surface area contributed by atoms with Crippen LogP contribution in [0.3, 0.4) is 0 Å². The maximum absolute atomic E-state index is 5.99. The molecule has 1 saturated heterocycles. The number of nitrogens with zero attached hydrogens (tertiary/aromatic N) is 3. The topological polar surface area (TPSA) is 30.3 Å². The Morgan fingerprint density at radius 2 is 2.29 bits per heavy atom. The summed E-state index contributed by atoms with van der Waals surface area (Å²) in [5.74, 6) is 1.000. The Kier molecular flexibility index (Phi) is 3.48. The molecule has 0 radical (unpaired) electrons. The van der Waals surface area contributed by atoms with Crippen LogP contribution in [0.25, 0.3) is 0 Å². The summed E-state index contributed by atoms with van der Waals surface area (Å²) in [6, 6.07) is 0. The van der Waals surface area contributed by atoms with Crippen molar-refractivity contribution in [2.24, 2.45) is 7.05 Å². The van der Waals surface area contributed by atoms with Crippen molar-refractivity contribution in [1.29, 1.82) is 0 Å². The molecule has 1 atom stereocenters. The molecule has 0 amide bonds. The van der Waals surface area contributed by atoms with Crippen molar-refractivity contribution >= 4 is 11.6 Å². The van der Waals surface area contributed by atoms with Gasteiger partial charge in [0.2, 0.25) is 0 Å². The smallest absolute Gasteiger partial charge is 0.128 e. The van der Waals surface area contributed by atoms with Crippen molar-refractivity contribution in [3.8, 4) is 0 Å². The molecule has 0 bridgehead atoms. The predicted octanol–water partition coefficient (Wildman–Crippen LogP) is 2.07. The van der Waals surface area contributed by atoms with Crippen LogP contribution in [0.5, 0.6) is 0 Å². The number of aromatic nitrogens is 2. The second kappa shape index (κ2) is 4.59. The molecule has 1 aromatic heterocycles. The Hall–Kier alpha value is -0.580. The largest absolute Gasteiger partial charge is 0.370 e.